The monoisotopic (exact) mass is 372 g/mol. The zero-order chi connectivity index (χ0) is 19.0. The van der Waals surface area contributed by atoms with Crippen molar-refractivity contribution in [2.24, 2.45) is 7.05 Å². The zero-order valence-electron chi connectivity index (χ0n) is 15.7. The molecule has 0 unspecified atom stereocenters. The van der Waals surface area contributed by atoms with E-state index < -0.39 is 0 Å². The summed E-state index contributed by atoms with van der Waals surface area (Å²) in [7, 11) is 3.25. The highest BCUT2D eigenvalue weighted by molar-refractivity contribution is 5.97. The number of methoxy groups -OCH3 is 1. The molecule has 27 heavy (non-hydrogen) atoms. The van der Waals surface area contributed by atoms with E-state index in [4.69, 9.17) is 4.74 Å². The zero-order valence-corrected chi connectivity index (χ0v) is 15.7. The van der Waals surface area contributed by atoms with Crippen LogP contribution in [0.3, 0.4) is 0 Å². The molecule has 4 rings (SSSR count). The Bertz CT molecular complexity index is 863. The van der Waals surface area contributed by atoms with E-state index in [1.807, 2.05) is 9.58 Å². The van der Waals surface area contributed by atoms with Gasteiger partial charge in [-0.05, 0) is 19.3 Å². The molecule has 0 aromatic carbocycles. The van der Waals surface area contributed by atoms with Crippen LogP contribution in [0.1, 0.15) is 39.3 Å². The Labute approximate surface area is 157 Å². The number of hydrogen-bond acceptors (Lipinski definition) is 5. The van der Waals surface area contributed by atoms with Crippen molar-refractivity contribution in [3.05, 3.63) is 29.2 Å². The first kappa shape index (κ1) is 17.6. The number of ether oxygens (including phenoxy) is 1. The summed E-state index contributed by atoms with van der Waals surface area (Å²) in [4.78, 5) is 29.2. The molecule has 2 aromatic heterocycles. The van der Waals surface area contributed by atoms with E-state index in [1.165, 1.54) is 7.11 Å². The van der Waals surface area contributed by atoms with Crippen molar-refractivity contribution in [2.45, 2.75) is 25.8 Å². The first-order valence-electron chi connectivity index (χ1n) is 9.29. The molecule has 0 saturated carbocycles. The van der Waals surface area contributed by atoms with E-state index in [1.54, 1.807) is 29.0 Å². The fourth-order valence-corrected chi connectivity index (χ4v) is 3.82. The molecule has 9 nitrogen and oxygen atoms in total. The minimum atomic E-state index is -0.116. The lowest BCUT2D eigenvalue weighted by Gasteiger charge is -2.34. The maximum absolute atomic E-state index is 12.9. The van der Waals surface area contributed by atoms with Gasteiger partial charge in [-0.15, -0.1) is 5.10 Å². The van der Waals surface area contributed by atoms with Crippen LogP contribution in [0.5, 0.6) is 5.88 Å². The van der Waals surface area contributed by atoms with Gasteiger partial charge in [0.2, 0.25) is 5.88 Å². The maximum Gasteiger partial charge on any atom is 0.261 e. The molecule has 2 aromatic rings. The number of aromatic nitrogens is 4. The highest BCUT2D eigenvalue weighted by Crippen LogP contribution is 2.21. The summed E-state index contributed by atoms with van der Waals surface area (Å²) in [5, 5.41) is 8.49. The van der Waals surface area contributed by atoms with Crippen LogP contribution in [0, 0.1) is 0 Å². The lowest BCUT2D eigenvalue weighted by Crippen LogP contribution is -2.50. The number of fused-ring (bicyclic) bond motifs is 1. The van der Waals surface area contributed by atoms with Crippen LogP contribution in [0.4, 0.5) is 0 Å². The number of hydrogen-bond donors (Lipinski definition) is 0. The van der Waals surface area contributed by atoms with E-state index in [-0.39, 0.29) is 11.8 Å². The van der Waals surface area contributed by atoms with Gasteiger partial charge in [-0.25, -0.2) is 0 Å². The molecule has 0 radical (unpaired) electrons. The summed E-state index contributed by atoms with van der Waals surface area (Å²) in [5.41, 5.74) is 2.21. The molecule has 144 valence electrons. The fraction of sp³-hybridized carbons (Fsp3) is 0.556. The summed E-state index contributed by atoms with van der Waals surface area (Å²) in [6.07, 6.45) is 6.47. The SMILES string of the molecule is COc1nn(C)cc1C(=O)N1CCN(C(=O)c2cnn3c2CCCC3)CC1. The molecule has 0 atom stereocenters. The molecule has 4 heterocycles. The second-order valence-corrected chi connectivity index (χ2v) is 7.00. The standard InChI is InChI=1S/C18H24N6O3/c1-21-12-14(16(20-21)27-2)18(26)23-9-7-22(8-10-23)17(25)13-11-19-24-6-4-3-5-15(13)24/h11-12H,3-10H2,1-2H3. The molecule has 9 heteroatoms. The van der Waals surface area contributed by atoms with Crippen LogP contribution in [0.25, 0.3) is 0 Å². The van der Waals surface area contributed by atoms with Gasteiger partial charge in [0.1, 0.15) is 5.56 Å². The Morgan fingerprint density at radius 1 is 1.00 bits per heavy atom. The van der Waals surface area contributed by atoms with Crippen molar-refractivity contribution in [2.75, 3.05) is 33.3 Å². The van der Waals surface area contributed by atoms with Gasteiger partial charge >= 0.3 is 0 Å². The number of piperazine rings is 1. The van der Waals surface area contributed by atoms with Gasteiger partial charge in [0, 0.05) is 46.0 Å². The van der Waals surface area contributed by atoms with E-state index in [2.05, 4.69) is 10.2 Å². The first-order chi connectivity index (χ1) is 13.1. The Kier molecular flexibility index (Phi) is 4.59. The summed E-state index contributed by atoms with van der Waals surface area (Å²) >= 11 is 0. The average Bonchev–Trinajstić information content (AvgIpc) is 3.30. The Morgan fingerprint density at radius 2 is 1.67 bits per heavy atom. The van der Waals surface area contributed by atoms with Crippen LogP contribution in [-0.2, 0) is 20.0 Å². The smallest absolute Gasteiger partial charge is 0.261 e. The van der Waals surface area contributed by atoms with Crippen LogP contribution >= 0.6 is 0 Å². The fourth-order valence-electron chi connectivity index (χ4n) is 3.82. The Hall–Kier alpha value is -2.84. The third kappa shape index (κ3) is 3.17. The first-order valence-corrected chi connectivity index (χ1v) is 9.29. The molecule has 0 N–H and O–H groups in total. The van der Waals surface area contributed by atoms with E-state index in [9.17, 15) is 9.59 Å². The van der Waals surface area contributed by atoms with Gasteiger partial charge in [-0.1, -0.05) is 0 Å². The maximum atomic E-state index is 12.9. The van der Waals surface area contributed by atoms with Gasteiger partial charge in [0.25, 0.3) is 11.8 Å². The van der Waals surface area contributed by atoms with E-state index >= 15 is 0 Å². The van der Waals surface area contributed by atoms with E-state index in [0.717, 1.165) is 31.5 Å². The molecule has 2 amide bonds. The number of aryl methyl sites for hydroxylation is 2. The minimum Gasteiger partial charge on any atom is -0.479 e. The summed E-state index contributed by atoms with van der Waals surface area (Å²) in [6.45, 7) is 2.89. The lowest BCUT2D eigenvalue weighted by atomic mass is 10.1. The van der Waals surface area contributed by atoms with Crippen LogP contribution in [-0.4, -0.2) is 74.5 Å². The molecule has 0 spiro atoms. The molecule has 0 aliphatic carbocycles. The minimum absolute atomic E-state index is 0.0178. The lowest BCUT2D eigenvalue weighted by molar-refractivity contribution is 0.0532. The normalized spacial score (nSPS) is 17.0. The van der Waals surface area contributed by atoms with Gasteiger partial charge in [-0.2, -0.15) is 5.10 Å². The number of carbonyl (C=O) groups excluding carboxylic acids is 2. The van der Waals surface area contributed by atoms with Crippen molar-refractivity contribution >= 4 is 11.8 Å². The second-order valence-electron chi connectivity index (χ2n) is 7.00. The molecule has 1 saturated heterocycles. The quantitative estimate of drug-likeness (QED) is 0.786. The van der Waals surface area contributed by atoms with E-state index in [0.29, 0.717) is 43.2 Å². The van der Waals surface area contributed by atoms with Gasteiger partial charge in [0.15, 0.2) is 0 Å². The van der Waals surface area contributed by atoms with Crippen LogP contribution in [0.15, 0.2) is 12.4 Å². The van der Waals surface area contributed by atoms with Gasteiger partial charge < -0.3 is 14.5 Å². The van der Waals surface area contributed by atoms with Crippen molar-refractivity contribution < 1.29 is 14.3 Å². The summed E-state index contributed by atoms with van der Waals surface area (Å²) < 4.78 is 8.70. The van der Waals surface area contributed by atoms with Crippen molar-refractivity contribution in [3.8, 4) is 5.88 Å². The number of nitrogens with zero attached hydrogens (tertiary/aromatic N) is 6. The van der Waals surface area contributed by atoms with Crippen LogP contribution in [0.2, 0.25) is 0 Å². The predicted molar refractivity (Wildman–Crippen MR) is 96.7 cm³/mol. The molecular formula is C18H24N6O3. The van der Waals surface area contributed by atoms with Crippen molar-refractivity contribution in [1.82, 2.24) is 29.4 Å². The highest BCUT2D eigenvalue weighted by Gasteiger charge is 2.30. The number of carbonyl (C=O) groups is 2. The predicted octanol–water partition coefficient (Wildman–Crippen LogP) is 0.560. The molecule has 1 fully saturated rings. The van der Waals surface area contributed by atoms with Gasteiger partial charge in [0.05, 0.1) is 24.6 Å². The van der Waals surface area contributed by atoms with Gasteiger partial charge in [-0.3, -0.25) is 19.0 Å². The molecule has 0 bridgehead atoms. The average molecular weight is 372 g/mol. The Morgan fingerprint density at radius 3 is 2.33 bits per heavy atom. The molecular weight excluding hydrogens is 348 g/mol. The topological polar surface area (TPSA) is 85.5 Å². The molecule has 2 aliphatic heterocycles. The Balaban J connectivity index is 1.42. The molecule has 2 aliphatic rings. The van der Waals surface area contributed by atoms with Crippen molar-refractivity contribution in [3.63, 3.8) is 0 Å². The number of amides is 2. The van der Waals surface area contributed by atoms with Crippen molar-refractivity contribution in [1.29, 1.82) is 0 Å². The number of rotatable bonds is 3. The summed E-state index contributed by atoms with van der Waals surface area (Å²) in [5.74, 6) is 0.228. The highest BCUT2D eigenvalue weighted by atomic mass is 16.5. The third-order valence-corrected chi connectivity index (χ3v) is 5.29. The summed E-state index contributed by atoms with van der Waals surface area (Å²) in [6, 6.07) is 0. The third-order valence-electron chi connectivity index (χ3n) is 5.29. The van der Waals surface area contributed by atoms with Crippen LogP contribution < -0.4 is 4.74 Å². The second kappa shape index (κ2) is 7.05. The largest absolute Gasteiger partial charge is 0.479 e.